The fourth-order valence-electron chi connectivity index (χ4n) is 3.93. The molecule has 2 fully saturated rings. The standard InChI is InChI=1S/C20H25F2N3O4S/c1-10-6-25(7-11(2)28-10)17-12(8-26)5-13(15(21)16(17)22)18-23-24-19(30-18)14-9-27-20(3,4)29-14/h5,10-11,14,26H,6-9H2,1-4H3/t10?,11?,14-/m0/s1. The summed E-state index contributed by atoms with van der Waals surface area (Å²) in [6.45, 7) is 8.04. The van der Waals surface area contributed by atoms with E-state index < -0.39 is 30.1 Å². The van der Waals surface area contributed by atoms with E-state index in [-0.39, 0.29) is 28.5 Å². The lowest BCUT2D eigenvalue weighted by atomic mass is 10.0. The van der Waals surface area contributed by atoms with Crippen molar-refractivity contribution in [1.29, 1.82) is 0 Å². The number of aliphatic hydroxyl groups excluding tert-OH is 1. The normalized spacial score (nSPS) is 26.4. The Bertz CT molecular complexity index is 929. The summed E-state index contributed by atoms with van der Waals surface area (Å²) in [5.74, 6) is -2.75. The molecule has 0 amide bonds. The van der Waals surface area contributed by atoms with E-state index in [2.05, 4.69) is 10.2 Å². The van der Waals surface area contributed by atoms with E-state index in [1.807, 2.05) is 13.8 Å². The molecule has 3 heterocycles. The van der Waals surface area contributed by atoms with Crippen LogP contribution >= 0.6 is 11.3 Å². The van der Waals surface area contributed by atoms with Crippen LogP contribution in [0, 0.1) is 11.6 Å². The third-order valence-electron chi connectivity index (χ3n) is 5.12. The summed E-state index contributed by atoms with van der Waals surface area (Å²) in [5.41, 5.74) is 0.333. The largest absolute Gasteiger partial charge is 0.392 e. The number of hydrogen-bond donors (Lipinski definition) is 1. The summed E-state index contributed by atoms with van der Waals surface area (Å²) in [5, 5.41) is 18.8. The zero-order valence-corrected chi connectivity index (χ0v) is 18.1. The Kier molecular flexibility index (Phi) is 5.80. The number of hydrogen-bond acceptors (Lipinski definition) is 8. The fraction of sp³-hybridized carbons (Fsp3) is 0.600. The Hall–Kier alpha value is -1.72. The number of nitrogens with zero attached hydrogens (tertiary/aromatic N) is 3. The van der Waals surface area contributed by atoms with Crippen LogP contribution in [0.3, 0.4) is 0 Å². The van der Waals surface area contributed by atoms with Crippen molar-refractivity contribution in [1.82, 2.24) is 10.2 Å². The van der Waals surface area contributed by atoms with Gasteiger partial charge in [-0.2, -0.15) is 0 Å². The van der Waals surface area contributed by atoms with Crippen LogP contribution in [0.4, 0.5) is 14.5 Å². The molecular weight excluding hydrogens is 416 g/mol. The van der Waals surface area contributed by atoms with Crippen molar-refractivity contribution >= 4 is 17.0 Å². The number of rotatable bonds is 4. The van der Waals surface area contributed by atoms with Gasteiger partial charge in [0.25, 0.3) is 0 Å². The van der Waals surface area contributed by atoms with Crippen molar-refractivity contribution in [2.75, 3.05) is 24.6 Å². The Labute approximate surface area is 177 Å². The first-order chi connectivity index (χ1) is 14.2. The molecule has 2 aliphatic rings. The first kappa shape index (κ1) is 21.5. The zero-order chi connectivity index (χ0) is 21.6. The second kappa shape index (κ2) is 8.08. The molecule has 30 heavy (non-hydrogen) atoms. The molecule has 1 aromatic heterocycles. The van der Waals surface area contributed by atoms with Crippen molar-refractivity contribution in [2.24, 2.45) is 0 Å². The molecule has 0 spiro atoms. The molecule has 1 aromatic carbocycles. The van der Waals surface area contributed by atoms with Gasteiger partial charge < -0.3 is 24.2 Å². The molecule has 164 valence electrons. The minimum atomic E-state index is -1.01. The number of halogens is 2. The number of benzene rings is 1. The molecule has 2 aliphatic heterocycles. The number of aliphatic hydroxyl groups is 1. The van der Waals surface area contributed by atoms with Crippen LogP contribution in [0.25, 0.3) is 10.6 Å². The monoisotopic (exact) mass is 441 g/mol. The lowest BCUT2D eigenvalue weighted by Crippen LogP contribution is -2.46. The SMILES string of the molecule is CC1CN(c2c(CO)cc(-c3nnc([C@@H]4COC(C)(C)O4)s3)c(F)c2F)CC(C)O1. The van der Waals surface area contributed by atoms with E-state index in [4.69, 9.17) is 14.2 Å². The maximum atomic E-state index is 15.2. The maximum Gasteiger partial charge on any atom is 0.183 e. The van der Waals surface area contributed by atoms with Gasteiger partial charge in [0, 0.05) is 18.7 Å². The number of ether oxygens (including phenoxy) is 3. The first-order valence-corrected chi connectivity index (χ1v) is 10.7. The predicted molar refractivity (Wildman–Crippen MR) is 107 cm³/mol. The molecule has 0 bridgehead atoms. The van der Waals surface area contributed by atoms with Crippen molar-refractivity contribution in [3.63, 3.8) is 0 Å². The minimum absolute atomic E-state index is 0.0309. The maximum absolute atomic E-state index is 15.2. The van der Waals surface area contributed by atoms with Crippen LogP contribution < -0.4 is 4.90 Å². The molecule has 3 atom stereocenters. The third kappa shape index (κ3) is 4.06. The molecule has 1 N–H and O–H groups in total. The molecule has 7 nitrogen and oxygen atoms in total. The van der Waals surface area contributed by atoms with Crippen molar-refractivity contribution < 1.29 is 28.1 Å². The average molecular weight is 442 g/mol. The lowest BCUT2D eigenvalue weighted by Gasteiger charge is -2.38. The number of morpholine rings is 1. The second-order valence-corrected chi connectivity index (χ2v) is 9.15. The van der Waals surface area contributed by atoms with Crippen molar-refractivity contribution in [3.8, 4) is 10.6 Å². The van der Waals surface area contributed by atoms with E-state index >= 15 is 8.78 Å². The highest BCUT2D eigenvalue weighted by Gasteiger charge is 2.36. The number of aromatic nitrogens is 2. The highest BCUT2D eigenvalue weighted by atomic mass is 32.1. The van der Waals surface area contributed by atoms with Crippen LogP contribution in [0.2, 0.25) is 0 Å². The summed E-state index contributed by atoms with van der Waals surface area (Å²) >= 11 is 1.12. The molecule has 2 saturated heterocycles. The van der Waals surface area contributed by atoms with Crippen molar-refractivity contribution in [3.05, 3.63) is 28.3 Å². The average Bonchev–Trinajstić information content (AvgIpc) is 3.29. The van der Waals surface area contributed by atoms with Crippen LogP contribution in [0.1, 0.15) is 44.4 Å². The van der Waals surface area contributed by atoms with Gasteiger partial charge in [-0.15, -0.1) is 10.2 Å². The van der Waals surface area contributed by atoms with Crippen molar-refractivity contribution in [2.45, 2.75) is 58.4 Å². The van der Waals surface area contributed by atoms with Crippen LogP contribution in [0.5, 0.6) is 0 Å². The predicted octanol–water partition coefficient (Wildman–Crippen LogP) is 3.41. The number of anilines is 1. The second-order valence-electron chi connectivity index (χ2n) is 8.14. The van der Waals surface area contributed by atoms with Gasteiger partial charge in [0.2, 0.25) is 0 Å². The third-order valence-corrected chi connectivity index (χ3v) is 6.17. The van der Waals surface area contributed by atoms with Crippen LogP contribution in [-0.4, -0.2) is 53.0 Å². The van der Waals surface area contributed by atoms with E-state index in [9.17, 15) is 5.11 Å². The Morgan fingerprint density at radius 1 is 1.20 bits per heavy atom. The Morgan fingerprint density at radius 3 is 2.50 bits per heavy atom. The van der Waals surface area contributed by atoms with Gasteiger partial charge in [0.1, 0.15) is 11.1 Å². The summed E-state index contributed by atoms with van der Waals surface area (Å²) in [6, 6.07) is 1.44. The van der Waals surface area contributed by atoms with E-state index in [1.165, 1.54) is 6.07 Å². The van der Waals surface area contributed by atoms with E-state index in [0.717, 1.165) is 11.3 Å². The van der Waals surface area contributed by atoms with Crippen LogP contribution in [0.15, 0.2) is 6.07 Å². The minimum Gasteiger partial charge on any atom is -0.392 e. The molecular formula is C20H25F2N3O4S. The Morgan fingerprint density at radius 2 is 1.90 bits per heavy atom. The molecule has 0 aliphatic carbocycles. The molecule has 2 unspecified atom stereocenters. The lowest BCUT2D eigenvalue weighted by molar-refractivity contribution is -0.139. The van der Waals surface area contributed by atoms with Gasteiger partial charge in [-0.05, 0) is 33.8 Å². The topological polar surface area (TPSA) is 76.9 Å². The zero-order valence-electron chi connectivity index (χ0n) is 17.3. The Balaban J connectivity index is 1.68. The van der Waals surface area contributed by atoms with Crippen LogP contribution in [-0.2, 0) is 20.8 Å². The van der Waals surface area contributed by atoms with Gasteiger partial charge in [-0.3, -0.25) is 0 Å². The summed E-state index contributed by atoms with van der Waals surface area (Å²) in [4.78, 5) is 1.73. The summed E-state index contributed by atoms with van der Waals surface area (Å²) in [7, 11) is 0. The molecule has 0 saturated carbocycles. The molecule has 4 rings (SSSR count). The smallest absolute Gasteiger partial charge is 0.183 e. The fourth-order valence-corrected chi connectivity index (χ4v) is 4.80. The summed E-state index contributed by atoms with van der Waals surface area (Å²) in [6.07, 6.45) is -0.677. The van der Waals surface area contributed by atoms with Gasteiger partial charge in [0.15, 0.2) is 22.4 Å². The quantitative estimate of drug-likeness (QED) is 0.779. The van der Waals surface area contributed by atoms with Gasteiger partial charge >= 0.3 is 0 Å². The molecule has 0 radical (unpaired) electrons. The van der Waals surface area contributed by atoms with Gasteiger partial charge in [-0.25, -0.2) is 8.78 Å². The van der Waals surface area contributed by atoms with E-state index in [1.54, 1.807) is 18.7 Å². The van der Waals surface area contributed by atoms with Gasteiger partial charge in [-0.1, -0.05) is 11.3 Å². The highest BCUT2D eigenvalue weighted by molar-refractivity contribution is 7.14. The molecule has 10 heteroatoms. The highest BCUT2D eigenvalue weighted by Crippen LogP contribution is 2.39. The molecule has 2 aromatic rings. The van der Waals surface area contributed by atoms with Gasteiger partial charge in [0.05, 0.1) is 36.7 Å². The van der Waals surface area contributed by atoms with E-state index in [0.29, 0.717) is 30.3 Å². The summed E-state index contributed by atoms with van der Waals surface area (Å²) < 4.78 is 47.3. The first-order valence-electron chi connectivity index (χ1n) is 9.86.